The highest BCUT2D eigenvalue weighted by Crippen LogP contribution is 2.35. The fourth-order valence-corrected chi connectivity index (χ4v) is 3.55. The second-order valence-corrected chi connectivity index (χ2v) is 7.66. The van der Waals surface area contributed by atoms with Crippen molar-refractivity contribution in [2.75, 3.05) is 6.54 Å². The first-order valence-corrected chi connectivity index (χ1v) is 9.06. The van der Waals surface area contributed by atoms with Crippen molar-refractivity contribution in [1.82, 2.24) is 4.90 Å². The van der Waals surface area contributed by atoms with Gasteiger partial charge in [-0.05, 0) is 52.0 Å². The predicted molar refractivity (Wildman–Crippen MR) is 95.8 cm³/mol. The summed E-state index contributed by atoms with van der Waals surface area (Å²) in [7, 11) is 0. The standard InChI is InChI=1S/C20H31NO3/c1-5-16(18(22)15-11-7-6-8-12-15)17-13-9-10-14-21(17)19(23)24-20(2,3)4/h6-8,11-12,16-18,22H,5,9-10,13-14H2,1-4H3. The van der Waals surface area contributed by atoms with Crippen molar-refractivity contribution in [3.63, 3.8) is 0 Å². The van der Waals surface area contributed by atoms with Crippen LogP contribution in [-0.4, -0.2) is 34.3 Å². The van der Waals surface area contributed by atoms with Crippen LogP contribution in [0.2, 0.25) is 0 Å². The number of amides is 1. The van der Waals surface area contributed by atoms with E-state index < -0.39 is 11.7 Å². The van der Waals surface area contributed by atoms with Crippen LogP contribution in [0.15, 0.2) is 30.3 Å². The first-order valence-electron chi connectivity index (χ1n) is 9.06. The fraction of sp³-hybridized carbons (Fsp3) is 0.650. The van der Waals surface area contributed by atoms with Crippen molar-refractivity contribution in [3.05, 3.63) is 35.9 Å². The van der Waals surface area contributed by atoms with Crippen LogP contribution in [0.25, 0.3) is 0 Å². The predicted octanol–water partition coefficient (Wildman–Crippen LogP) is 4.54. The van der Waals surface area contributed by atoms with Crippen LogP contribution < -0.4 is 0 Å². The summed E-state index contributed by atoms with van der Waals surface area (Å²) in [5.74, 6) is 0.0141. The molecule has 0 bridgehead atoms. The molecule has 1 amide bonds. The fourth-order valence-electron chi connectivity index (χ4n) is 3.55. The molecule has 0 radical (unpaired) electrons. The van der Waals surface area contributed by atoms with Crippen LogP contribution in [0, 0.1) is 5.92 Å². The summed E-state index contributed by atoms with van der Waals surface area (Å²) in [6.07, 6.45) is 2.99. The molecular formula is C20H31NO3. The third-order valence-corrected chi connectivity index (χ3v) is 4.69. The number of carbonyl (C=O) groups is 1. The summed E-state index contributed by atoms with van der Waals surface area (Å²) >= 11 is 0. The lowest BCUT2D eigenvalue weighted by Gasteiger charge is -2.42. The summed E-state index contributed by atoms with van der Waals surface area (Å²) in [5.41, 5.74) is 0.415. The summed E-state index contributed by atoms with van der Waals surface area (Å²) < 4.78 is 5.59. The number of ether oxygens (including phenoxy) is 1. The van der Waals surface area contributed by atoms with Crippen LogP contribution in [0.3, 0.4) is 0 Å². The minimum absolute atomic E-state index is 0.0141. The molecule has 0 aromatic heterocycles. The third kappa shape index (κ3) is 4.73. The smallest absolute Gasteiger partial charge is 0.410 e. The molecule has 3 atom stereocenters. The van der Waals surface area contributed by atoms with Gasteiger partial charge in [-0.2, -0.15) is 0 Å². The Morgan fingerprint density at radius 3 is 2.54 bits per heavy atom. The number of rotatable bonds is 4. The maximum atomic E-state index is 12.6. The average Bonchev–Trinajstić information content (AvgIpc) is 2.55. The Hall–Kier alpha value is -1.55. The number of aliphatic hydroxyl groups is 1. The van der Waals surface area contributed by atoms with E-state index in [1.807, 2.05) is 56.0 Å². The second-order valence-electron chi connectivity index (χ2n) is 7.66. The Labute approximate surface area is 145 Å². The Balaban J connectivity index is 2.19. The lowest BCUT2D eigenvalue weighted by Crippen LogP contribution is -2.50. The average molecular weight is 333 g/mol. The number of carbonyl (C=O) groups excluding carboxylic acids is 1. The van der Waals surface area contributed by atoms with Crippen LogP contribution in [0.5, 0.6) is 0 Å². The molecule has 1 aromatic rings. The summed E-state index contributed by atoms with van der Waals surface area (Å²) in [5, 5.41) is 10.9. The topological polar surface area (TPSA) is 49.8 Å². The normalized spacial score (nSPS) is 21.2. The van der Waals surface area contributed by atoms with Crippen LogP contribution in [0.1, 0.15) is 65.0 Å². The second kappa shape index (κ2) is 8.02. The van der Waals surface area contributed by atoms with Gasteiger partial charge in [0.2, 0.25) is 0 Å². The van der Waals surface area contributed by atoms with Crippen LogP contribution in [0.4, 0.5) is 4.79 Å². The highest BCUT2D eigenvalue weighted by Gasteiger charge is 2.37. The van der Waals surface area contributed by atoms with Crippen molar-refractivity contribution in [2.45, 2.75) is 71.1 Å². The van der Waals surface area contributed by atoms with E-state index >= 15 is 0 Å². The molecule has 2 rings (SSSR count). The zero-order valence-corrected chi connectivity index (χ0v) is 15.4. The van der Waals surface area contributed by atoms with Crippen molar-refractivity contribution in [1.29, 1.82) is 0 Å². The largest absolute Gasteiger partial charge is 0.444 e. The lowest BCUT2D eigenvalue weighted by molar-refractivity contribution is -0.0180. The molecule has 1 heterocycles. The van der Waals surface area contributed by atoms with Crippen molar-refractivity contribution in [3.8, 4) is 0 Å². The summed E-state index contributed by atoms with van der Waals surface area (Å²) in [6.45, 7) is 8.45. The minimum Gasteiger partial charge on any atom is -0.444 e. The van der Waals surface area contributed by atoms with Gasteiger partial charge in [-0.25, -0.2) is 4.79 Å². The van der Waals surface area contributed by atoms with E-state index in [2.05, 4.69) is 6.92 Å². The molecular weight excluding hydrogens is 302 g/mol. The van der Waals surface area contributed by atoms with Crippen LogP contribution >= 0.6 is 0 Å². The lowest BCUT2D eigenvalue weighted by atomic mass is 9.82. The minimum atomic E-state index is -0.566. The molecule has 1 aliphatic heterocycles. The zero-order chi connectivity index (χ0) is 17.7. The molecule has 4 heteroatoms. The maximum absolute atomic E-state index is 12.6. The quantitative estimate of drug-likeness (QED) is 0.880. The highest BCUT2D eigenvalue weighted by atomic mass is 16.6. The van der Waals surface area contributed by atoms with E-state index in [0.29, 0.717) is 6.54 Å². The molecule has 1 saturated heterocycles. The van der Waals surface area contributed by atoms with Gasteiger partial charge in [0.15, 0.2) is 0 Å². The number of likely N-dealkylation sites (tertiary alicyclic amines) is 1. The van der Waals surface area contributed by atoms with Gasteiger partial charge >= 0.3 is 6.09 Å². The Kier molecular flexibility index (Phi) is 6.27. The molecule has 134 valence electrons. The zero-order valence-electron chi connectivity index (χ0n) is 15.4. The van der Waals surface area contributed by atoms with Gasteiger partial charge in [0, 0.05) is 18.5 Å². The van der Waals surface area contributed by atoms with Gasteiger partial charge in [-0.3, -0.25) is 0 Å². The monoisotopic (exact) mass is 333 g/mol. The number of piperidine rings is 1. The van der Waals surface area contributed by atoms with E-state index in [0.717, 1.165) is 31.2 Å². The van der Waals surface area contributed by atoms with Gasteiger partial charge in [0.1, 0.15) is 5.60 Å². The van der Waals surface area contributed by atoms with E-state index in [1.165, 1.54) is 0 Å². The molecule has 1 fully saturated rings. The highest BCUT2D eigenvalue weighted by molar-refractivity contribution is 5.68. The molecule has 1 aromatic carbocycles. The molecule has 1 N–H and O–H groups in total. The van der Waals surface area contributed by atoms with Crippen molar-refractivity contribution in [2.24, 2.45) is 5.92 Å². The molecule has 0 saturated carbocycles. The van der Waals surface area contributed by atoms with E-state index in [4.69, 9.17) is 4.74 Å². The Morgan fingerprint density at radius 2 is 1.96 bits per heavy atom. The van der Waals surface area contributed by atoms with E-state index in [-0.39, 0.29) is 18.1 Å². The molecule has 4 nitrogen and oxygen atoms in total. The van der Waals surface area contributed by atoms with Crippen LogP contribution in [-0.2, 0) is 4.74 Å². The van der Waals surface area contributed by atoms with Gasteiger partial charge < -0.3 is 14.7 Å². The Morgan fingerprint density at radius 1 is 1.29 bits per heavy atom. The van der Waals surface area contributed by atoms with Gasteiger partial charge in [0.05, 0.1) is 6.10 Å². The number of aliphatic hydroxyl groups excluding tert-OH is 1. The molecule has 1 aliphatic rings. The van der Waals surface area contributed by atoms with Gasteiger partial charge in [-0.15, -0.1) is 0 Å². The molecule has 0 aliphatic carbocycles. The third-order valence-electron chi connectivity index (χ3n) is 4.69. The van der Waals surface area contributed by atoms with Gasteiger partial charge in [0.25, 0.3) is 0 Å². The first-order chi connectivity index (χ1) is 11.3. The molecule has 3 unspecified atom stereocenters. The summed E-state index contributed by atoms with van der Waals surface area (Å²) in [6, 6.07) is 9.76. The van der Waals surface area contributed by atoms with Crippen molar-refractivity contribution < 1.29 is 14.6 Å². The van der Waals surface area contributed by atoms with E-state index in [1.54, 1.807) is 0 Å². The van der Waals surface area contributed by atoms with Gasteiger partial charge in [-0.1, -0.05) is 37.3 Å². The maximum Gasteiger partial charge on any atom is 0.410 e. The number of hydrogen-bond acceptors (Lipinski definition) is 3. The van der Waals surface area contributed by atoms with E-state index in [9.17, 15) is 9.90 Å². The number of hydrogen-bond donors (Lipinski definition) is 1. The first kappa shape index (κ1) is 18.8. The molecule has 24 heavy (non-hydrogen) atoms. The SMILES string of the molecule is CCC(C(O)c1ccccc1)C1CCCCN1C(=O)OC(C)(C)C. The number of benzene rings is 1. The number of nitrogens with zero attached hydrogens (tertiary/aromatic N) is 1. The van der Waals surface area contributed by atoms with Crippen molar-refractivity contribution >= 4 is 6.09 Å². The molecule has 0 spiro atoms. The summed E-state index contributed by atoms with van der Waals surface area (Å²) in [4.78, 5) is 14.5. The Bertz CT molecular complexity index is 523.